The second-order valence-corrected chi connectivity index (χ2v) is 9.71. The summed E-state index contributed by atoms with van der Waals surface area (Å²) in [5, 5.41) is 10.0. The monoisotopic (exact) mass is 436 g/mol. The van der Waals surface area contributed by atoms with Crippen LogP contribution in [0.1, 0.15) is 53.9 Å². The maximum absolute atomic E-state index is 14.0. The Morgan fingerprint density at radius 3 is 2.61 bits per heavy atom. The van der Waals surface area contributed by atoms with Crippen molar-refractivity contribution in [1.82, 2.24) is 9.80 Å². The van der Waals surface area contributed by atoms with Crippen LogP contribution in [0.25, 0.3) is 0 Å². The lowest BCUT2D eigenvalue weighted by molar-refractivity contribution is -0.157. The first-order chi connectivity index (χ1) is 14.6. The first-order valence-corrected chi connectivity index (χ1v) is 11.3. The van der Waals surface area contributed by atoms with Gasteiger partial charge in [-0.3, -0.25) is 14.4 Å². The summed E-state index contributed by atoms with van der Waals surface area (Å²) in [6, 6.07) is -1.43. The van der Waals surface area contributed by atoms with Gasteiger partial charge in [0.25, 0.3) is 0 Å². The Morgan fingerprint density at radius 1 is 1.42 bits per heavy atom. The van der Waals surface area contributed by atoms with Gasteiger partial charge in [0, 0.05) is 12.1 Å². The molecule has 0 aromatic heterocycles. The van der Waals surface area contributed by atoms with Crippen molar-refractivity contribution in [3.05, 3.63) is 12.7 Å². The summed E-state index contributed by atoms with van der Waals surface area (Å²) < 4.78 is 11.6. The van der Waals surface area contributed by atoms with Crippen molar-refractivity contribution in [3.8, 4) is 0 Å². The molecule has 1 N–H and O–H groups in total. The molecule has 31 heavy (non-hydrogen) atoms. The van der Waals surface area contributed by atoms with Gasteiger partial charge < -0.3 is 24.4 Å². The normalized spacial score (nSPS) is 32.7. The fraction of sp³-hybridized carbons (Fsp3) is 0.783. The van der Waals surface area contributed by atoms with E-state index < -0.39 is 47.1 Å². The molecule has 0 aromatic carbocycles. The first-order valence-electron chi connectivity index (χ1n) is 11.3. The number of rotatable bonds is 8. The van der Waals surface area contributed by atoms with Gasteiger partial charge in [0.2, 0.25) is 11.8 Å². The summed E-state index contributed by atoms with van der Waals surface area (Å²) in [5.74, 6) is -2.48. The number of nitrogens with zero attached hydrogens (tertiary/aromatic N) is 2. The minimum Gasteiger partial charge on any atom is -0.466 e. The predicted octanol–water partition coefficient (Wildman–Crippen LogP) is 1.51. The molecule has 3 aliphatic heterocycles. The van der Waals surface area contributed by atoms with Crippen molar-refractivity contribution in [2.24, 2.45) is 11.8 Å². The molecule has 2 amide bonds. The minimum absolute atomic E-state index is 0.216. The molecule has 3 rings (SSSR count). The molecular formula is C23H36N2O6. The van der Waals surface area contributed by atoms with Gasteiger partial charge in [-0.15, -0.1) is 6.58 Å². The van der Waals surface area contributed by atoms with Crippen LogP contribution in [0.15, 0.2) is 12.7 Å². The summed E-state index contributed by atoms with van der Waals surface area (Å²) in [6.45, 7) is 13.5. The second kappa shape index (κ2) is 8.54. The summed E-state index contributed by atoms with van der Waals surface area (Å²) in [6.07, 6.45) is 2.83. The highest BCUT2D eigenvalue weighted by molar-refractivity contribution is 5.98. The molecule has 2 bridgehead atoms. The maximum Gasteiger partial charge on any atom is 0.312 e. The number of hydrogen-bond acceptors (Lipinski definition) is 6. The molecule has 3 fully saturated rings. The van der Waals surface area contributed by atoms with Crippen molar-refractivity contribution in [2.75, 3.05) is 19.8 Å². The Bertz CT molecular complexity index is 743. The third-order valence-electron chi connectivity index (χ3n) is 6.99. The highest BCUT2D eigenvalue weighted by atomic mass is 16.6. The Morgan fingerprint density at radius 2 is 2.10 bits per heavy atom. The Labute approximate surface area is 184 Å². The van der Waals surface area contributed by atoms with E-state index in [2.05, 4.69) is 6.58 Å². The van der Waals surface area contributed by atoms with Gasteiger partial charge in [0.05, 0.1) is 37.2 Å². The van der Waals surface area contributed by atoms with Gasteiger partial charge in [-0.25, -0.2) is 0 Å². The van der Waals surface area contributed by atoms with Crippen LogP contribution in [0.2, 0.25) is 0 Å². The van der Waals surface area contributed by atoms with Gasteiger partial charge >= 0.3 is 5.97 Å². The summed E-state index contributed by atoms with van der Waals surface area (Å²) in [7, 11) is 0. The molecule has 0 unspecified atom stereocenters. The number of esters is 1. The zero-order valence-electron chi connectivity index (χ0n) is 19.3. The number of fused-ring (bicyclic) bond motifs is 1. The van der Waals surface area contributed by atoms with Crippen LogP contribution in [0.5, 0.6) is 0 Å². The van der Waals surface area contributed by atoms with Gasteiger partial charge in [0.15, 0.2) is 0 Å². The highest BCUT2D eigenvalue weighted by Crippen LogP contribution is 2.59. The van der Waals surface area contributed by atoms with E-state index in [1.165, 1.54) is 4.90 Å². The van der Waals surface area contributed by atoms with Crippen LogP contribution in [0.4, 0.5) is 0 Å². The number of ether oxygens (including phenoxy) is 2. The number of hydrogen-bond donors (Lipinski definition) is 1. The molecule has 0 aliphatic carbocycles. The van der Waals surface area contributed by atoms with E-state index in [1.54, 1.807) is 17.9 Å². The SMILES string of the molecule is C=CCN(C(=O)[C@H]1N([C@@H](CC)CO)C(=O)[C@@H]2[C@@H](C(=O)OCC)[C@H]3CC[C@]21O3)C(C)(C)C. The van der Waals surface area contributed by atoms with Crippen LogP contribution in [0, 0.1) is 11.8 Å². The second-order valence-electron chi connectivity index (χ2n) is 9.71. The number of carbonyl (C=O) groups excluding carboxylic acids is 3. The van der Waals surface area contributed by atoms with E-state index in [9.17, 15) is 19.5 Å². The lowest BCUT2D eigenvalue weighted by Crippen LogP contribution is -2.61. The van der Waals surface area contributed by atoms with Crippen molar-refractivity contribution in [2.45, 2.75) is 83.2 Å². The fourth-order valence-electron chi connectivity index (χ4n) is 5.65. The van der Waals surface area contributed by atoms with E-state index in [1.807, 2.05) is 27.7 Å². The lowest BCUT2D eigenvalue weighted by atomic mass is 9.70. The van der Waals surface area contributed by atoms with Crippen molar-refractivity contribution >= 4 is 17.8 Å². The van der Waals surface area contributed by atoms with E-state index in [0.717, 1.165) is 0 Å². The smallest absolute Gasteiger partial charge is 0.312 e. The maximum atomic E-state index is 14.0. The Balaban J connectivity index is 2.11. The molecule has 6 atom stereocenters. The molecule has 174 valence electrons. The lowest BCUT2D eigenvalue weighted by Gasteiger charge is -2.43. The van der Waals surface area contributed by atoms with Gasteiger partial charge in [-0.2, -0.15) is 0 Å². The van der Waals surface area contributed by atoms with Gasteiger partial charge in [-0.05, 0) is 47.0 Å². The molecule has 1 spiro atoms. The van der Waals surface area contributed by atoms with Crippen molar-refractivity contribution in [1.29, 1.82) is 0 Å². The van der Waals surface area contributed by atoms with Gasteiger partial charge in [0.1, 0.15) is 11.6 Å². The Kier molecular flexibility index (Phi) is 6.54. The molecule has 0 radical (unpaired) electrons. The number of aliphatic hydroxyl groups excluding tert-OH is 1. The molecule has 3 saturated heterocycles. The third-order valence-corrected chi connectivity index (χ3v) is 6.99. The predicted molar refractivity (Wildman–Crippen MR) is 114 cm³/mol. The molecule has 8 heteroatoms. The minimum atomic E-state index is -1.08. The van der Waals surface area contributed by atoms with Crippen molar-refractivity contribution < 1.29 is 29.0 Å². The Hall–Kier alpha value is -1.93. The van der Waals surface area contributed by atoms with E-state index in [-0.39, 0.29) is 25.0 Å². The van der Waals surface area contributed by atoms with Crippen LogP contribution >= 0.6 is 0 Å². The molecule has 0 aromatic rings. The highest BCUT2D eigenvalue weighted by Gasteiger charge is 2.75. The average Bonchev–Trinajstić information content (AvgIpc) is 3.34. The molecule has 0 saturated carbocycles. The topological polar surface area (TPSA) is 96.4 Å². The number of carbonyl (C=O) groups is 3. The van der Waals surface area contributed by atoms with E-state index in [0.29, 0.717) is 25.8 Å². The number of likely N-dealkylation sites (tertiary alicyclic amines) is 1. The molecule has 8 nitrogen and oxygen atoms in total. The molecular weight excluding hydrogens is 400 g/mol. The average molecular weight is 437 g/mol. The summed E-state index contributed by atoms with van der Waals surface area (Å²) >= 11 is 0. The fourth-order valence-corrected chi connectivity index (χ4v) is 5.65. The van der Waals surface area contributed by atoms with Crippen LogP contribution in [0.3, 0.4) is 0 Å². The zero-order valence-corrected chi connectivity index (χ0v) is 19.3. The van der Waals surface area contributed by atoms with Crippen LogP contribution in [-0.2, 0) is 23.9 Å². The van der Waals surface area contributed by atoms with E-state index >= 15 is 0 Å². The summed E-state index contributed by atoms with van der Waals surface area (Å²) in [5.41, 5.74) is -1.59. The summed E-state index contributed by atoms with van der Waals surface area (Å²) in [4.78, 5) is 43.7. The van der Waals surface area contributed by atoms with E-state index in [4.69, 9.17) is 9.47 Å². The quantitative estimate of drug-likeness (QED) is 0.458. The van der Waals surface area contributed by atoms with Crippen LogP contribution < -0.4 is 0 Å². The zero-order chi connectivity index (χ0) is 23.1. The number of aliphatic hydroxyl groups is 1. The third kappa shape index (κ3) is 3.57. The van der Waals surface area contributed by atoms with Crippen LogP contribution in [-0.4, -0.2) is 81.8 Å². The molecule has 3 heterocycles. The molecule has 3 aliphatic rings. The number of amides is 2. The largest absolute Gasteiger partial charge is 0.466 e. The standard InChI is InChI=1S/C23H36N2O6/c1-7-12-24(22(4,5)6)20(28)18-23-11-10-15(31-23)16(21(29)30-9-3)17(23)19(27)25(18)14(8-2)13-26/h7,14-18,26H,1,8-13H2,2-6H3/t14-,15+,16-,17-,18+,23-/m0/s1. The van der Waals surface area contributed by atoms with Gasteiger partial charge in [-0.1, -0.05) is 13.0 Å². The van der Waals surface area contributed by atoms with Crippen molar-refractivity contribution in [3.63, 3.8) is 0 Å². The first kappa shape index (κ1) is 23.7.